The first kappa shape index (κ1) is 12.5. The molecule has 3 rings (SSSR count). The minimum absolute atomic E-state index is 0.252. The van der Waals surface area contributed by atoms with Crippen LogP contribution in [0.3, 0.4) is 0 Å². The van der Waals surface area contributed by atoms with Crippen molar-refractivity contribution in [1.29, 1.82) is 0 Å². The zero-order valence-corrected chi connectivity index (χ0v) is 10.8. The highest BCUT2D eigenvalue weighted by Gasteiger charge is 2.03. The average Bonchev–Trinajstić information content (AvgIpc) is 2.48. The average molecular weight is 267 g/mol. The summed E-state index contributed by atoms with van der Waals surface area (Å²) < 4.78 is 18.9. The molecule has 0 aliphatic rings. The number of halogens is 1. The van der Waals surface area contributed by atoms with Crippen LogP contribution in [0.5, 0.6) is 5.75 Å². The molecule has 0 aliphatic carbocycles. The van der Waals surface area contributed by atoms with Gasteiger partial charge in [0.2, 0.25) is 0 Å². The maximum atomic E-state index is 13.2. The van der Waals surface area contributed by atoms with E-state index in [2.05, 4.69) is 0 Å². The number of nitrogens with two attached hydrogens (primary N) is 1. The summed E-state index contributed by atoms with van der Waals surface area (Å²) in [6.07, 6.45) is 0. The second-order valence-electron chi connectivity index (χ2n) is 4.64. The SMILES string of the molecule is Nc1ccc(F)cc1COc1ccc2ccccc2c1. The van der Waals surface area contributed by atoms with E-state index in [1.54, 1.807) is 6.07 Å². The molecule has 0 radical (unpaired) electrons. The van der Waals surface area contributed by atoms with Crippen LogP contribution in [0.4, 0.5) is 10.1 Å². The van der Waals surface area contributed by atoms with Gasteiger partial charge >= 0.3 is 0 Å². The third-order valence-electron chi connectivity index (χ3n) is 3.22. The molecule has 0 atom stereocenters. The van der Waals surface area contributed by atoms with Gasteiger partial charge in [-0.15, -0.1) is 0 Å². The number of fused-ring (bicyclic) bond motifs is 1. The van der Waals surface area contributed by atoms with E-state index in [-0.39, 0.29) is 12.4 Å². The molecular weight excluding hydrogens is 253 g/mol. The Kier molecular flexibility index (Phi) is 3.25. The van der Waals surface area contributed by atoms with Crippen molar-refractivity contribution >= 4 is 16.5 Å². The van der Waals surface area contributed by atoms with Gasteiger partial charge in [0, 0.05) is 11.3 Å². The largest absolute Gasteiger partial charge is 0.489 e. The zero-order valence-electron chi connectivity index (χ0n) is 10.8. The molecule has 2 N–H and O–H groups in total. The summed E-state index contributed by atoms with van der Waals surface area (Å²) in [6, 6.07) is 18.2. The highest BCUT2D eigenvalue weighted by atomic mass is 19.1. The van der Waals surface area contributed by atoms with Crippen molar-refractivity contribution in [2.75, 3.05) is 5.73 Å². The Morgan fingerprint density at radius 1 is 0.900 bits per heavy atom. The Hall–Kier alpha value is -2.55. The van der Waals surface area contributed by atoms with Crippen LogP contribution in [0.2, 0.25) is 0 Å². The van der Waals surface area contributed by atoms with Crippen molar-refractivity contribution < 1.29 is 9.13 Å². The summed E-state index contributed by atoms with van der Waals surface area (Å²) in [6.45, 7) is 0.252. The molecule has 3 heteroatoms. The number of anilines is 1. The lowest BCUT2D eigenvalue weighted by molar-refractivity contribution is 0.306. The van der Waals surface area contributed by atoms with Gasteiger partial charge in [0.15, 0.2) is 0 Å². The van der Waals surface area contributed by atoms with Crippen LogP contribution >= 0.6 is 0 Å². The van der Waals surface area contributed by atoms with Gasteiger partial charge < -0.3 is 10.5 Å². The molecule has 0 aliphatic heterocycles. The van der Waals surface area contributed by atoms with E-state index in [4.69, 9.17) is 10.5 Å². The summed E-state index contributed by atoms with van der Waals surface area (Å²) in [5.41, 5.74) is 6.98. The molecule has 0 saturated carbocycles. The smallest absolute Gasteiger partial charge is 0.123 e. The Morgan fingerprint density at radius 2 is 1.70 bits per heavy atom. The van der Waals surface area contributed by atoms with Crippen molar-refractivity contribution in [3.63, 3.8) is 0 Å². The van der Waals surface area contributed by atoms with Gasteiger partial charge in [-0.2, -0.15) is 0 Å². The molecule has 0 saturated heterocycles. The number of nitrogen functional groups attached to an aromatic ring is 1. The Bertz CT molecular complexity index is 755. The molecule has 2 nitrogen and oxygen atoms in total. The monoisotopic (exact) mass is 267 g/mol. The third-order valence-corrected chi connectivity index (χ3v) is 3.22. The molecule has 100 valence electrons. The molecule has 0 heterocycles. The van der Waals surface area contributed by atoms with Crippen LogP contribution in [0, 0.1) is 5.82 Å². The first-order valence-electron chi connectivity index (χ1n) is 6.38. The van der Waals surface area contributed by atoms with E-state index in [0.29, 0.717) is 11.3 Å². The van der Waals surface area contributed by atoms with Gasteiger partial charge in [-0.25, -0.2) is 4.39 Å². The minimum Gasteiger partial charge on any atom is -0.489 e. The third kappa shape index (κ3) is 2.57. The number of benzene rings is 3. The van der Waals surface area contributed by atoms with Crippen molar-refractivity contribution in [2.24, 2.45) is 0 Å². The lowest BCUT2D eigenvalue weighted by Crippen LogP contribution is -2.00. The topological polar surface area (TPSA) is 35.2 Å². The van der Waals surface area contributed by atoms with Crippen LogP contribution in [-0.2, 0) is 6.61 Å². The molecule has 0 aromatic heterocycles. The van der Waals surface area contributed by atoms with E-state index in [1.807, 2.05) is 42.5 Å². The van der Waals surface area contributed by atoms with Crippen molar-refractivity contribution in [1.82, 2.24) is 0 Å². The van der Waals surface area contributed by atoms with Gasteiger partial charge in [0.25, 0.3) is 0 Å². The van der Waals surface area contributed by atoms with Gasteiger partial charge in [-0.05, 0) is 41.1 Å². The summed E-state index contributed by atoms with van der Waals surface area (Å²) in [5.74, 6) is 0.434. The highest BCUT2D eigenvalue weighted by molar-refractivity contribution is 5.83. The van der Waals surface area contributed by atoms with Gasteiger partial charge in [0.1, 0.15) is 18.2 Å². The molecule has 0 bridgehead atoms. The second-order valence-corrected chi connectivity index (χ2v) is 4.64. The molecule has 3 aromatic rings. The zero-order chi connectivity index (χ0) is 13.9. The Balaban J connectivity index is 1.81. The minimum atomic E-state index is -0.309. The van der Waals surface area contributed by atoms with Gasteiger partial charge in [-0.1, -0.05) is 30.3 Å². The van der Waals surface area contributed by atoms with Gasteiger partial charge in [0.05, 0.1) is 0 Å². The number of rotatable bonds is 3. The molecule has 0 spiro atoms. The van der Waals surface area contributed by atoms with Crippen LogP contribution in [-0.4, -0.2) is 0 Å². The molecule has 0 unspecified atom stereocenters. The van der Waals surface area contributed by atoms with E-state index in [1.165, 1.54) is 12.1 Å². The van der Waals surface area contributed by atoms with Crippen molar-refractivity contribution in [3.8, 4) is 5.75 Å². The highest BCUT2D eigenvalue weighted by Crippen LogP contribution is 2.22. The lowest BCUT2D eigenvalue weighted by atomic mass is 10.1. The van der Waals surface area contributed by atoms with Crippen molar-refractivity contribution in [2.45, 2.75) is 6.61 Å². The van der Waals surface area contributed by atoms with Gasteiger partial charge in [-0.3, -0.25) is 0 Å². The van der Waals surface area contributed by atoms with Crippen LogP contribution in [0.15, 0.2) is 60.7 Å². The van der Waals surface area contributed by atoms with E-state index >= 15 is 0 Å². The van der Waals surface area contributed by atoms with E-state index < -0.39 is 0 Å². The first-order chi connectivity index (χ1) is 9.72. The Morgan fingerprint density at radius 3 is 2.55 bits per heavy atom. The second kappa shape index (κ2) is 5.21. The maximum absolute atomic E-state index is 13.2. The fraction of sp³-hybridized carbons (Fsp3) is 0.0588. The van der Waals surface area contributed by atoms with Crippen molar-refractivity contribution in [3.05, 3.63) is 72.0 Å². The standard InChI is InChI=1S/C17H14FNO/c18-15-6-8-17(19)14(9-15)11-20-16-7-5-12-3-1-2-4-13(12)10-16/h1-10H,11,19H2. The first-order valence-corrected chi connectivity index (χ1v) is 6.38. The van der Waals surface area contributed by atoms with Crippen LogP contribution in [0.1, 0.15) is 5.56 Å². The number of hydrogen-bond acceptors (Lipinski definition) is 2. The summed E-state index contributed by atoms with van der Waals surface area (Å²) in [4.78, 5) is 0. The quantitative estimate of drug-likeness (QED) is 0.724. The van der Waals surface area contributed by atoms with Crippen LogP contribution < -0.4 is 10.5 Å². The van der Waals surface area contributed by atoms with E-state index in [9.17, 15) is 4.39 Å². The number of hydrogen-bond donors (Lipinski definition) is 1. The van der Waals surface area contributed by atoms with E-state index in [0.717, 1.165) is 16.5 Å². The lowest BCUT2D eigenvalue weighted by Gasteiger charge is -2.09. The summed E-state index contributed by atoms with van der Waals surface area (Å²) in [5, 5.41) is 2.27. The Labute approximate surface area is 116 Å². The maximum Gasteiger partial charge on any atom is 0.123 e. The number of ether oxygens (including phenoxy) is 1. The molecule has 20 heavy (non-hydrogen) atoms. The fourth-order valence-electron chi connectivity index (χ4n) is 2.12. The molecular formula is C17H14FNO. The molecule has 0 fully saturated rings. The summed E-state index contributed by atoms with van der Waals surface area (Å²) in [7, 11) is 0. The molecule has 0 amide bonds. The predicted octanol–water partition coefficient (Wildman–Crippen LogP) is 4.14. The molecule has 3 aromatic carbocycles. The van der Waals surface area contributed by atoms with Crippen LogP contribution in [0.25, 0.3) is 10.8 Å². The summed E-state index contributed by atoms with van der Waals surface area (Å²) >= 11 is 0. The predicted molar refractivity (Wildman–Crippen MR) is 79.1 cm³/mol. The normalized spacial score (nSPS) is 10.7. The fourth-order valence-corrected chi connectivity index (χ4v) is 2.12.